The molecule has 2 aliphatic rings. The maximum absolute atomic E-state index is 13.0. The zero-order valence-electron chi connectivity index (χ0n) is 20.3. The van der Waals surface area contributed by atoms with Crippen molar-refractivity contribution in [1.82, 2.24) is 9.80 Å². The van der Waals surface area contributed by atoms with Crippen LogP contribution in [0, 0.1) is 10.5 Å². The molecule has 1 saturated heterocycles. The molecule has 3 aromatic carbocycles. The lowest BCUT2D eigenvalue weighted by Gasteiger charge is -2.29. The lowest BCUT2D eigenvalue weighted by Crippen LogP contribution is -2.44. The van der Waals surface area contributed by atoms with E-state index in [2.05, 4.69) is 40.8 Å². The number of benzene rings is 3. The predicted molar refractivity (Wildman–Crippen MR) is 153 cm³/mol. The topological polar surface area (TPSA) is 66.9 Å². The molecular formula is C29H25IN2O4S. The van der Waals surface area contributed by atoms with E-state index in [0.717, 1.165) is 49.1 Å². The average Bonchev–Trinajstić information content (AvgIpc) is 3.16. The Balaban J connectivity index is 1.22. The van der Waals surface area contributed by atoms with Gasteiger partial charge in [-0.05, 0) is 88.2 Å². The van der Waals surface area contributed by atoms with Gasteiger partial charge in [0, 0.05) is 13.1 Å². The lowest BCUT2D eigenvalue weighted by molar-refractivity contribution is -0.136. The number of carbonyl (C=O) groups excluding carboxylic acids is 3. The van der Waals surface area contributed by atoms with Crippen molar-refractivity contribution >= 4 is 57.5 Å². The molecule has 0 aromatic heterocycles. The van der Waals surface area contributed by atoms with E-state index in [1.165, 1.54) is 11.1 Å². The van der Waals surface area contributed by atoms with Gasteiger partial charge in [-0.15, -0.1) is 0 Å². The molecule has 5 rings (SSSR count). The molecule has 0 N–H and O–H groups in total. The van der Waals surface area contributed by atoms with Gasteiger partial charge in [0.15, 0.2) is 0 Å². The molecule has 6 nitrogen and oxygen atoms in total. The van der Waals surface area contributed by atoms with E-state index < -0.39 is 11.1 Å². The minimum Gasteiger partial charge on any atom is -0.488 e. The maximum Gasteiger partial charge on any atom is 0.294 e. The first kappa shape index (κ1) is 25.5. The molecule has 37 heavy (non-hydrogen) atoms. The average molecular weight is 625 g/mol. The smallest absolute Gasteiger partial charge is 0.294 e. The molecule has 0 atom stereocenters. The summed E-state index contributed by atoms with van der Waals surface area (Å²) in [6.45, 7) is 3.35. The van der Waals surface area contributed by atoms with Crippen LogP contribution in [0.5, 0.6) is 5.75 Å². The van der Waals surface area contributed by atoms with Crippen molar-refractivity contribution in [2.24, 2.45) is 0 Å². The summed E-state index contributed by atoms with van der Waals surface area (Å²) in [6, 6.07) is 21.9. The van der Waals surface area contributed by atoms with Crippen LogP contribution in [0.25, 0.3) is 6.08 Å². The zero-order chi connectivity index (χ0) is 25.9. The first-order valence-corrected chi connectivity index (χ1v) is 13.8. The van der Waals surface area contributed by atoms with E-state index in [9.17, 15) is 14.4 Å². The molecule has 0 aliphatic carbocycles. The van der Waals surface area contributed by atoms with Crippen LogP contribution in [0.3, 0.4) is 0 Å². The number of halogens is 1. The Morgan fingerprint density at radius 3 is 2.57 bits per heavy atom. The molecule has 0 spiro atoms. The molecule has 0 unspecified atom stereocenters. The van der Waals surface area contributed by atoms with Gasteiger partial charge in [-0.1, -0.05) is 60.2 Å². The number of nitrogens with zero attached hydrogens (tertiary/aromatic N) is 2. The second-order valence-electron chi connectivity index (χ2n) is 9.07. The molecule has 2 heterocycles. The van der Waals surface area contributed by atoms with Crippen LogP contribution in [0.1, 0.15) is 27.8 Å². The second kappa shape index (κ2) is 11.1. The van der Waals surface area contributed by atoms with Crippen LogP contribution in [0.15, 0.2) is 71.6 Å². The normalized spacial score (nSPS) is 16.3. The summed E-state index contributed by atoms with van der Waals surface area (Å²) < 4.78 is 6.86. The third kappa shape index (κ3) is 5.91. The van der Waals surface area contributed by atoms with Gasteiger partial charge in [-0.3, -0.25) is 19.3 Å². The molecule has 0 saturated carbocycles. The quantitative estimate of drug-likeness (QED) is 0.256. The van der Waals surface area contributed by atoms with E-state index in [1.54, 1.807) is 11.0 Å². The van der Waals surface area contributed by atoms with Gasteiger partial charge in [0.05, 0.1) is 8.48 Å². The SMILES string of the molecule is Cc1ccc(COc2ccc(/C=C3\SC(=O)N(CC(=O)N4CCc5ccccc5C4)C3=O)cc2I)cc1. The summed E-state index contributed by atoms with van der Waals surface area (Å²) >= 11 is 3.07. The number of hydrogen-bond acceptors (Lipinski definition) is 5. The van der Waals surface area contributed by atoms with Crippen molar-refractivity contribution in [2.75, 3.05) is 13.1 Å². The zero-order valence-corrected chi connectivity index (χ0v) is 23.3. The number of aryl methyl sites for hydroxylation is 1. The standard InChI is InChI=1S/C29H25IN2O4S/c1-19-6-8-20(9-7-19)18-36-25-11-10-21(14-24(25)30)15-26-28(34)32(29(35)37-26)17-27(33)31-13-12-22-4-2-3-5-23(22)16-31/h2-11,14-15H,12-13,16-18H2,1H3/b26-15-. The largest absolute Gasteiger partial charge is 0.488 e. The van der Waals surface area contributed by atoms with Crippen LogP contribution in [-0.2, 0) is 29.2 Å². The van der Waals surface area contributed by atoms with E-state index >= 15 is 0 Å². The minimum absolute atomic E-state index is 0.220. The van der Waals surface area contributed by atoms with E-state index in [0.29, 0.717) is 24.6 Å². The summed E-state index contributed by atoms with van der Waals surface area (Å²) in [7, 11) is 0. The summed E-state index contributed by atoms with van der Waals surface area (Å²) in [4.78, 5) is 41.6. The van der Waals surface area contributed by atoms with E-state index in [1.807, 2.05) is 55.5 Å². The number of amides is 3. The fourth-order valence-electron chi connectivity index (χ4n) is 4.30. The molecule has 8 heteroatoms. The van der Waals surface area contributed by atoms with Gasteiger partial charge in [0.2, 0.25) is 5.91 Å². The molecule has 3 amide bonds. The summed E-state index contributed by atoms with van der Waals surface area (Å²) in [6.07, 6.45) is 2.46. The van der Waals surface area contributed by atoms with Gasteiger partial charge in [-0.25, -0.2) is 0 Å². The fourth-order valence-corrected chi connectivity index (χ4v) is 5.83. The Bertz CT molecular complexity index is 1400. The Hall–Kier alpha value is -3.11. The number of fused-ring (bicyclic) bond motifs is 1. The lowest BCUT2D eigenvalue weighted by atomic mass is 10.00. The Kier molecular flexibility index (Phi) is 7.66. The highest BCUT2D eigenvalue weighted by atomic mass is 127. The van der Waals surface area contributed by atoms with Gasteiger partial charge < -0.3 is 9.64 Å². The van der Waals surface area contributed by atoms with E-state index in [-0.39, 0.29) is 12.5 Å². The van der Waals surface area contributed by atoms with Crippen LogP contribution in [0.2, 0.25) is 0 Å². The van der Waals surface area contributed by atoms with Crippen LogP contribution in [0.4, 0.5) is 4.79 Å². The highest BCUT2D eigenvalue weighted by Gasteiger charge is 2.37. The predicted octanol–water partition coefficient (Wildman–Crippen LogP) is 5.80. The highest BCUT2D eigenvalue weighted by molar-refractivity contribution is 14.1. The Morgan fingerprint density at radius 1 is 1.05 bits per heavy atom. The molecule has 2 aliphatic heterocycles. The molecule has 0 bridgehead atoms. The first-order valence-electron chi connectivity index (χ1n) is 12.0. The number of rotatable bonds is 6. The second-order valence-corrected chi connectivity index (χ2v) is 11.2. The molecule has 0 radical (unpaired) electrons. The van der Waals surface area contributed by atoms with Gasteiger partial charge in [0.25, 0.3) is 11.1 Å². The van der Waals surface area contributed by atoms with E-state index in [4.69, 9.17) is 4.74 Å². The highest BCUT2D eigenvalue weighted by Crippen LogP contribution is 2.33. The van der Waals surface area contributed by atoms with Crippen molar-refractivity contribution in [3.8, 4) is 5.75 Å². The number of carbonyl (C=O) groups is 3. The monoisotopic (exact) mass is 624 g/mol. The number of imide groups is 1. The van der Waals surface area contributed by atoms with Crippen molar-refractivity contribution in [2.45, 2.75) is 26.5 Å². The third-order valence-electron chi connectivity index (χ3n) is 6.42. The molecule has 188 valence electrons. The fraction of sp³-hybridized carbons (Fsp3) is 0.207. The van der Waals surface area contributed by atoms with Crippen molar-refractivity contribution in [3.63, 3.8) is 0 Å². The molecular weight excluding hydrogens is 599 g/mol. The number of thioether (sulfide) groups is 1. The molecule has 3 aromatic rings. The summed E-state index contributed by atoms with van der Waals surface area (Å²) in [5, 5.41) is -0.422. The summed E-state index contributed by atoms with van der Waals surface area (Å²) in [5.41, 5.74) is 5.42. The van der Waals surface area contributed by atoms with Gasteiger partial charge in [0.1, 0.15) is 18.9 Å². The Morgan fingerprint density at radius 2 is 1.81 bits per heavy atom. The summed E-state index contributed by atoms with van der Waals surface area (Å²) in [5.74, 6) is 0.0956. The number of ether oxygens (including phenoxy) is 1. The van der Waals surface area contributed by atoms with Crippen molar-refractivity contribution < 1.29 is 19.1 Å². The van der Waals surface area contributed by atoms with Crippen LogP contribution >= 0.6 is 34.4 Å². The minimum atomic E-state index is -0.435. The van der Waals surface area contributed by atoms with Crippen LogP contribution in [-0.4, -0.2) is 39.9 Å². The number of hydrogen-bond donors (Lipinski definition) is 0. The van der Waals surface area contributed by atoms with Crippen molar-refractivity contribution in [1.29, 1.82) is 0 Å². The molecule has 1 fully saturated rings. The van der Waals surface area contributed by atoms with Crippen molar-refractivity contribution in [3.05, 3.63) is 103 Å². The first-order chi connectivity index (χ1) is 17.9. The van der Waals surface area contributed by atoms with Gasteiger partial charge in [-0.2, -0.15) is 0 Å². The van der Waals surface area contributed by atoms with Crippen LogP contribution < -0.4 is 4.74 Å². The Labute approximate surface area is 233 Å². The van der Waals surface area contributed by atoms with Gasteiger partial charge >= 0.3 is 0 Å². The third-order valence-corrected chi connectivity index (χ3v) is 8.17. The maximum atomic E-state index is 13.0.